The van der Waals surface area contributed by atoms with E-state index in [9.17, 15) is 19.1 Å². The van der Waals surface area contributed by atoms with Crippen LogP contribution in [-0.4, -0.2) is 34.2 Å². The second-order valence-corrected chi connectivity index (χ2v) is 10.6. The Kier molecular flexibility index (Phi) is 6.84. The first-order valence-electron chi connectivity index (χ1n) is 12.7. The molecule has 38 heavy (non-hydrogen) atoms. The molecule has 0 aliphatic heterocycles. The molecule has 1 fully saturated rings. The lowest BCUT2D eigenvalue weighted by Crippen LogP contribution is -2.38. The molecular formula is C30H30FNO6. The number of halogens is 1. The molecule has 7 nitrogen and oxygen atoms in total. The number of rotatable bonds is 9. The number of aliphatic hydroxyl groups is 1. The standard InChI is InChI=1S/C30H30FNO6/c1-30(2,36)16-32-28(33)18-5-9-19(10-6-18)37-25-14-12-24(31)27-21(25)11-13-26(27)38-20-7-3-17(4-8-20)22-15-23(22)29(34)35/h3-10,12,14,22-23,26,36H,11,13,15-16H2,1-2H3,(H,32,33)(H,34,35)/t22-,23+,26-/m1/s1. The van der Waals surface area contributed by atoms with E-state index in [0.717, 1.165) is 11.1 Å². The van der Waals surface area contributed by atoms with Gasteiger partial charge < -0.3 is 25.0 Å². The van der Waals surface area contributed by atoms with Crippen LogP contribution in [-0.2, 0) is 11.2 Å². The molecule has 1 amide bonds. The smallest absolute Gasteiger partial charge is 0.307 e. The molecule has 0 saturated heterocycles. The van der Waals surface area contributed by atoms with E-state index in [2.05, 4.69) is 5.32 Å². The van der Waals surface area contributed by atoms with Crippen LogP contribution < -0.4 is 14.8 Å². The maximum absolute atomic E-state index is 14.9. The number of nitrogens with one attached hydrogen (secondary N) is 1. The Hall–Kier alpha value is -3.91. The van der Waals surface area contributed by atoms with Crippen LogP contribution in [0.15, 0.2) is 60.7 Å². The number of aliphatic carboxylic acids is 1. The summed E-state index contributed by atoms with van der Waals surface area (Å²) in [5, 5.41) is 21.6. The quantitative estimate of drug-likeness (QED) is 0.351. The van der Waals surface area contributed by atoms with Crippen molar-refractivity contribution < 1.29 is 33.7 Å². The first kappa shape index (κ1) is 25.7. The van der Waals surface area contributed by atoms with Gasteiger partial charge in [-0.1, -0.05) is 12.1 Å². The Bertz CT molecular complexity index is 1350. The first-order valence-corrected chi connectivity index (χ1v) is 12.7. The zero-order valence-corrected chi connectivity index (χ0v) is 21.2. The van der Waals surface area contributed by atoms with E-state index in [1.807, 2.05) is 24.3 Å². The van der Waals surface area contributed by atoms with Crippen LogP contribution >= 0.6 is 0 Å². The minimum atomic E-state index is -1.01. The monoisotopic (exact) mass is 519 g/mol. The third-order valence-electron chi connectivity index (χ3n) is 6.96. The Balaban J connectivity index is 1.26. The van der Waals surface area contributed by atoms with E-state index in [0.29, 0.717) is 47.6 Å². The molecule has 0 radical (unpaired) electrons. The highest BCUT2D eigenvalue weighted by Gasteiger charge is 2.44. The van der Waals surface area contributed by atoms with E-state index in [4.69, 9.17) is 14.6 Å². The molecule has 1 saturated carbocycles. The molecule has 0 aromatic heterocycles. The Labute approximate surface area is 220 Å². The van der Waals surface area contributed by atoms with E-state index in [1.165, 1.54) is 6.07 Å². The van der Waals surface area contributed by atoms with Crippen molar-refractivity contribution in [2.45, 2.75) is 50.7 Å². The van der Waals surface area contributed by atoms with E-state index in [1.54, 1.807) is 44.2 Å². The third kappa shape index (κ3) is 5.65. The fraction of sp³-hybridized carbons (Fsp3) is 0.333. The van der Waals surface area contributed by atoms with Gasteiger partial charge in [-0.3, -0.25) is 9.59 Å². The fourth-order valence-corrected chi connectivity index (χ4v) is 4.85. The van der Waals surface area contributed by atoms with E-state index < -0.39 is 17.7 Å². The largest absolute Gasteiger partial charge is 0.486 e. The van der Waals surface area contributed by atoms with Gasteiger partial charge in [-0.25, -0.2) is 4.39 Å². The van der Waals surface area contributed by atoms with Gasteiger partial charge in [0.15, 0.2) is 0 Å². The van der Waals surface area contributed by atoms with Crippen molar-refractivity contribution >= 4 is 11.9 Å². The molecule has 2 aliphatic rings. The predicted molar refractivity (Wildman–Crippen MR) is 138 cm³/mol. The number of fused-ring (bicyclic) bond motifs is 1. The summed E-state index contributed by atoms with van der Waals surface area (Å²) in [5.74, 6) is -0.0442. The molecule has 0 spiro atoms. The van der Waals surface area contributed by atoms with E-state index in [-0.39, 0.29) is 30.1 Å². The first-order chi connectivity index (χ1) is 18.1. The molecule has 0 bridgehead atoms. The van der Waals surface area contributed by atoms with Crippen LogP contribution in [0.2, 0.25) is 0 Å². The Morgan fingerprint density at radius 1 is 1.03 bits per heavy atom. The summed E-state index contributed by atoms with van der Waals surface area (Å²) >= 11 is 0. The van der Waals surface area contributed by atoms with Crippen molar-refractivity contribution in [2.24, 2.45) is 5.92 Å². The van der Waals surface area contributed by atoms with Gasteiger partial charge in [0.2, 0.25) is 0 Å². The highest BCUT2D eigenvalue weighted by molar-refractivity contribution is 5.94. The summed E-state index contributed by atoms with van der Waals surface area (Å²) in [6, 6.07) is 17.0. The van der Waals surface area contributed by atoms with Gasteiger partial charge in [0.25, 0.3) is 5.91 Å². The van der Waals surface area contributed by atoms with Crippen LogP contribution in [0, 0.1) is 11.7 Å². The van der Waals surface area contributed by atoms with Crippen molar-refractivity contribution in [3.63, 3.8) is 0 Å². The van der Waals surface area contributed by atoms with Crippen molar-refractivity contribution in [1.82, 2.24) is 5.32 Å². The lowest BCUT2D eigenvalue weighted by molar-refractivity contribution is -0.138. The summed E-state index contributed by atoms with van der Waals surface area (Å²) in [6.07, 6.45) is 1.37. The summed E-state index contributed by atoms with van der Waals surface area (Å²) in [4.78, 5) is 23.4. The number of carboxylic acids is 1. The lowest BCUT2D eigenvalue weighted by Gasteiger charge is -2.18. The van der Waals surface area contributed by atoms with Crippen molar-refractivity contribution in [1.29, 1.82) is 0 Å². The SMILES string of the molecule is CC(C)(O)CNC(=O)c1ccc(Oc2ccc(F)c3c2CC[C@H]3Oc2ccc([C@H]3C[C@@H]3C(=O)O)cc2)cc1. The summed E-state index contributed by atoms with van der Waals surface area (Å²) in [5.41, 5.74) is 1.63. The average molecular weight is 520 g/mol. The molecule has 5 rings (SSSR count). The topological polar surface area (TPSA) is 105 Å². The molecule has 0 unspecified atom stereocenters. The Morgan fingerprint density at radius 2 is 1.71 bits per heavy atom. The highest BCUT2D eigenvalue weighted by atomic mass is 19.1. The minimum Gasteiger partial charge on any atom is -0.486 e. The second-order valence-electron chi connectivity index (χ2n) is 10.6. The molecule has 3 N–H and O–H groups in total. The van der Waals surface area contributed by atoms with Gasteiger partial charge in [0, 0.05) is 23.2 Å². The molecule has 3 aromatic rings. The molecule has 3 atom stereocenters. The fourth-order valence-electron chi connectivity index (χ4n) is 4.85. The molecule has 198 valence electrons. The highest BCUT2D eigenvalue weighted by Crippen LogP contribution is 2.48. The Morgan fingerprint density at radius 3 is 2.34 bits per heavy atom. The van der Waals surface area contributed by atoms with Crippen molar-refractivity contribution in [3.8, 4) is 17.2 Å². The summed E-state index contributed by atoms with van der Waals surface area (Å²) < 4.78 is 27.1. The van der Waals surface area contributed by atoms with Crippen LogP contribution in [0.5, 0.6) is 17.2 Å². The number of amides is 1. The van der Waals surface area contributed by atoms with Crippen molar-refractivity contribution in [3.05, 3.63) is 88.7 Å². The number of carbonyl (C=O) groups is 2. The lowest BCUT2D eigenvalue weighted by atomic mass is 10.1. The van der Waals surface area contributed by atoms with Gasteiger partial charge in [-0.05, 0) is 93.1 Å². The normalized spacial score (nSPS) is 19.9. The maximum atomic E-state index is 14.9. The van der Waals surface area contributed by atoms with Gasteiger partial charge in [0.1, 0.15) is 29.2 Å². The van der Waals surface area contributed by atoms with Gasteiger partial charge in [-0.2, -0.15) is 0 Å². The van der Waals surface area contributed by atoms with Crippen LogP contribution in [0.25, 0.3) is 0 Å². The van der Waals surface area contributed by atoms with E-state index >= 15 is 0 Å². The number of hydrogen-bond donors (Lipinski definition) is 3. The zero-order valence-electron chi connectivity index (χ0n) is 21.2. The van der Waals surface area contributed by atoms with Crippen LogP contribution in [0.3, 0.4) is 0 Å². The molecule has 0 heterocycles. The number of ether oxygens (including phenoxy) is 2. The molecule has 8 heteroatoms. The summed E-state index contributed by atoms with van der Waals surface area (Å²) in [6.45, 7) is 3.36. The molecule has 3 aromatic carbocycles. The average Bonchev–Trinajstić information content (AvgIpc) is 3.58. The van der Waals surface area contributed by atoms with Gasteiger partial charge >= 0.3 is 5.97 Å². The zero-order chi connectivity index (χ0) is 27.0. The van der Waals surface area contributed by atoms with Crippen LogP contribution in [0.1, 0.15) is 65.8 Å². The number of hydrogen-bond acceptors (Lipinski definition) is 5. The number of benzene rings is 3. The molecular weight excluding hydrogens is 489 g/mol. The van der Waals surface area contributed by atoms with Crippen LogP contribution in [0.4, 0.5) is 4.39 Å². The minimum absolute atomic E-state index is 0.0436. The summed E-state index contributed by atoms with van der Waals surface area (Å²) in [7, 11) is 0. The van der Waals surface area contributed by atoms with Crippen molar-refractivity contribution in [2.75, 3.05) is 6.54 Å². The van der Waals surface area contributed by atoms with Gasteiger partial charge in [0.05, 0.1) is 11.5 Å². The number of carboxylic acid groups (broad SMARTS) is 1. The van der Waals surface area contributed by atoms with Gasteiger partial charge in [-0.15, -0.1) is 0 Å². The maximum Gasteiger partial charge on any atom is 0.307 e. The molecule has 2 aliphatic carbocycles. The predicted octanol–water partition coefficient (Wildman–Crippen LogP) is 5.37. The second kappa shape index (κ2) is 10.1. The third-order valence-corrected chi connectivity index (χ3v) is 6.96. The number of carbonyl (C=O) groups excluding carboxylic acids is 1.